The van der Waals surface area contributed by atoms with E-state index in [-0.39, 0.29) is 11.8 Å². The fourth-order valence-electron chi connectivity index (χ4n) is 3.36. The van der Waals surface area contributed by atoms with Crippen molar-refractivity contribution in [1.82, 2.24) is 25.1 Å². The van der Waals surface area contributed by atoms with Gasteiger partial charge in [0.05, 0.1) is 0 Å². The normalized spacial score (nSPS) is 21.0. The van der Waals surface area contributed by atoms with Crippen LogP contribution in [0.1, 0.15) is 25.1 Å². The SMILES string of the molecule is Cc1nnc2ccc(N3CC(CNC(=O)C4CC=CCC4)C3)nn12. The van der Waals surface area contributed by atoms with Gasteiger partial charge in [0.1, 0.15) is 5.82 Å². The minimum Gasteiger partial charge on any atom is -0.355 e. The van der Waals surface area contributed by atoms with Crippen LogP contribution in [0.15, 0.2) is 24.3 Å². The quantitative estimate of drug-likeness (QED) is 0.858. The zero-order chi connectivity index (χ0) is 16.5. The number of allylic oxidation sites excluding steroid dienone is 2. The minimum atomic E-state index is 0.159. The lowest BCUT2D eigenvalue weighted by molar-refractivity contribution is -0.125. The van der Waals surface area contributed by atoms with Crippen LogP contribution in [0.2, 0.25) is 0 Å². The van der Waals surface area contributed by atoms with Crippen molar-refractivity contribution in [1.29, 1.82) is 0 Å². The maximum absolute atomic E-state index is 12.2. The number of carbonyl (C=O) groups is 1. The molecule has 1 aliphatic carbocycles. The van der Waals surface area contributed by atoms with Crippen LogP contribution in [-0.4, -0.2) is 45.4 Å². The second-order valence-electron chi connectivity index (χ2n) is 6.71. The van der Waals surface area contributed by atoms with E-state index in [4.69, 9.17) is 0 Å². The van der Waals surface area contributed by atoms with Crippen molar-refractivity contribution in [2.45, 2.75) is 26.2 Å². The topological polar surface area (TPSA) is 75.4 Å². The first kappa shape index (κ1) is 15.1. The highest BCUT2D eigenvalue weighted by molar-refractivity contribution is 5.79. The first-order valence-electron chi connectivity index (χ1n) is 8.57. The first-order valence-corrected chi connectivity index (χ1v) is 8.57. The fraction of sp³-hybridized carbons (Fsp3) is 0.529. The second-order valence-corrected chi connectivity index (χ2v) is 6.71. The highest BCUT2D eigenvalue weighted by Crippen LogP contribution is 2.23. The number of aromatic nitrogens is 4. The van der Waals surface area contributed by atoms with Crippen LogP contribution in [0.3, 0.4) is 0 Å². The number of amides is 1. The highest BCUT2D eigenvalue weighted by atomic mass is 16.1. The summed E-state index contributed by atoms with van der Waals surface area (Å²) in [6.07, 6.45) is 7.15. The van der Waals surface area contributed by atoms with Crippen molar-refractivity contribution < 1.29 is 4.79 Å². The standard InChI is InChI=1S/C17H22N6O/c1-12-19-20-15-7-8-16(21-23(12)15)22-10-13(11-22)9-18-17(24)14-5-3-2-4-6-14/h2-3,7-8,13-14H,4-6,9-11H2,1H3,(H,18,24). The van der Waals surface area contributed by atoms with Gasteiger partial charge in [0.2, 0.25) is 5.91 Å². The van der Waals surface area contributed by atoms with Gasteiger partial charge >= 0.3 is 0 Å². The third kappa shape index (κ3) is 2.86. The molecule has 7 nitrogen and oxygen atoms in total. The number of hydrogen-bond acceptors (Lipinski definition) is 5. The number of hydrogen-bond donors (Lipinski definition) is 1. The van der Waals surface area contributed by atoms with Gasteiger partial charge in [-0.05, 0) is 38.3 Å². The Kier molecular flexibility index (Phi) is 3.92. The van der Waals surface area contributed by atoms with Gasteiger partial charge in [0, 0.05) is 31.5 Å². The van der Waals surface area contributed by atoms with E-state index in [0.29, 0.717) is 5.92 Å². The van der Waals surface area contributed by atoms with Gasteiger partial charge in [-0.3, -0.25) is 4.79 Å². The Hall–Kier alpha value is -2.44. The molecule has 0 aromatic carbocycles. The molecule has 0 bridgehead atoms. The van der Waals surface area contributed by atoms with Gasteiger partial charge in [0.25, 0.3) is 0 Å². The molecule has 1 atom stereocenters. The average Bonchev–Trinajstić information content (AvgIpc) is 2.95. The van der Waals surface area contributed by atoms with Crippen LogP contribution in [-0.2, 0) is 4.79 Å². The highest BCUT2D eigenvalue weighted by Gasteiger charge is 2.29. The monoisotopic (exact) mass is 326 g/mol. The van der Waals surface area contributed by atoms with E-state index in [2.05, 4.69) is 37.7 Å². The largest absolute Gasteiger partial charge is 0.355 e. The van der Waals surface area contributed by atoms with Gasteiger partial charge < -0.3 is 10.2 Å². The number of anilines is 1. The van der Waals surface area contributed by atoms with Crippen molar-refractivity contribution in [3.05, 3.63) is 30.1 Å². The fourth-order valence-corrected chi connectivity index (χ4v) is 3.36. The maximum atomic E-state index is 12.2. The van der Waals surface area contributed by atoms with Crippen LogP contribution in [0.5, 0.6) is 0 Å². The molecule has 3 heterocycles. The predicted molar refractivity (Wildman–Crippen MR) is 90.7 cm³/mol. The molecule has 1 unspecified atom stereocenters. The lowest BCUT2D eigenvalue weighted by Crippen LogP contribution is -2.52. The lowest BCUT2D eigenvalue weighted by Gasteiger charge is -2.40. The summed E-state index contributed by atoms with van der Waals surface area (Å²) >= 11 is 0. The molecule has 4 rings (SSSR count). The Morgan fingerprint density at radius 3 is 2.96 bits per heavy atom. The summed E-state index contributed by atoms with van der Waals surface area (Å²) in [5, 5.41) is 15.8. The summed E-state index contributed by atoms with van der Waals surface area (Å²) in [4.78, 5) is 14.4. The van der Waals surface area contributed by atoms with Gasteiger partial charge in [-0.1, -0.05) is 12.2 Å². The molecule has 1 fully saturated rings. The Balaban J connectivity index is 1.28. The zero-order valence-electron chi connectivity index (χ0n) is 13.9. The molecule has 2 aromatic heterocycles. The van der Waals surface area contributed by atoms with Gasteiger partial charge in [0.15, 0.2) is 11.5 Å². The van der Waals surface area contributed by atoms with Crippen molar-refractivity contribution in [2.75, 3.05) is 24.5 Å². The Morgan fingerprint density at radius 1 is 1.29 bits per heavy atom. The molecule has 24 heavy (non-hydrogen) atoms. The number of carbonyl (C=O) groups excluding carboxylic acids is 1. The van der Waals surface area contributed by atoms with E-state index in [1.165, 1.54) is 0 Å². The number of fused-ring (bicyclic) bond motifs is 1. The van der Waals surface area contributed by atoms with Gasteiger partial charge in [-0.15, -0.1) is 15.3 Å². The molecule has 0 radical (unpaired) electrons. The molecule has 126 valence electrons. The molecule has 2 aromatic rings. The third-order valence-electron chi connectivity index (χ3n) is 4.89. The predicted octanol–water partition coefficient (Wildman–Crippen LogP) is 1.34. The summed E-state index contributed by atoms with van der Waals surface area (Å²) in [5.74, 6) is 2.58. The van der Waals surface area contributed by atoms with E-state index in [1.54, 1.807) is 4.52 Å². The summed E-state index contributed by atoms with van der Waals surface area (Å²) < 4.78 is 1.76. The van der Waals surface area contributed by atoms with Crippen LogP contribution in [0, 0.1) is 18.8 Å². The lowest BCUT2D eigenvalue weighted by atomic mass is 9.93. The maximum Gasteiger partial charge on any atom is 0.223 e. The van der Waals surface area contributed by atoms with E-state index in [1.807, 2.05) is 19.1 Å². The average molecular weight is 326 g/mol. The third-order valence-corrected chi connectivity index (χ3v) is 4.89. The molecule has 0 saturated carbocycles. The summed E-state index contributed by atoms with van der Waals surface area (Å²) in [6.45, 7) is 4.49. The van der Waals surface area contributed by atoms with Crippen LogP contribution < -0.4 is 10.2 Å². The molecule has 7 heteroatoms. The molecular formula is C17H22N6O. The van der Waals surface area contributed by atoms with Crippen LogP contribution in [0.25, 0.3) is 5.65 Å². The van der Waals surface area contributed by atoms with Crippen LogP contribution in [0.4, 0.5) is 5.82 Å². The molecule has 0 spiro atoms. The molecular weight excluding hydrogens is 304 g/mol. The van der Waals surface area contributed by atoms with Crippen molar-refractivity contribution in [3.63, 3.8) is 0 Å². The molecule has 2 aliphatic rings. The van der Waals surface area contributed by atoms with Gasteiger partial charge in [-0.25, -0.2) is 0 Å². The molecule has 1 aliphatic heterocycles. The summed E-state index contributed by atoms with van der Waals surface area (Å²) in [5.41, 5.74) is 0.766. The van der Waals surface area contributed by atoms with E-state index in [0.717, 1.165) is 56.2 Å². The zero-order valence-corrected chi connectivity index (χ0v) is 13.9. The van der Waals surface area contributed by atoms with Gasteiger partial charge in [-0.2, -0.15) is 4.52 Å². The number of aryl methyl sites for hydroxylation is 1. The molecule has 1 saturated heterocycles. The first-order chi connectivity index (χ1) is 11.7. The number of nitrogens with one attached hydrogen (secondary N) is 1. The Morgan fingerprint density at radius 2 is 2.17 bits per heavy atom. The summed E-state index contributed by atoms with van der Waals surface area (Å²) in [6, 6.07) is 3.92. The molecule has 1 N–H and O–H groups in total. The van der Waals surface area contributed by atoms with Crippen LogP contribution >= 0.6 is 0 Å². The second kappa shape index (κ2) is 6.22. The van der Waals surface area contributed by atoms with Crippen molar-refractivity contribution >= 4 is 17.4 Å². The Labute approximate surface area is 140 Å². The summed E-state index contributed by atoms with van der Waals surface area (Å²) in [7, 11) is 0. The van der Waals surface area contributed by atoms with Crippen molar-refractivity contribution in [3.8, 4) is 0 Å². The van der Waals surface area contributed by atoms with Crippen molar-refractivity contribution in [2.24, 2.45) is 11.8 Å². The smallest absolute Gasteiger partial charge is 0.223 e. The number of rotatable bonds is 4. The van der Waals surface area contributed by atoms with E-state index >= 15 is 0 Å². The minimum absolute atomic E-state index is 0.159. The van der Waals surface area contributed by atoms with E-state index < -0.39 is 0 Å². The molecule has 1 amide bonds. The Bertz CT molecular complexity index is 776. The number of nitrogens with zero attached hydrogens (tertiary/aromatic N) is 5. The van der Waals surface area contributed by atoms with E-state index in [9.17, 15) is 4.79 Å².